The quantitative estimate of drug-likeness (QED) is 0.772. The summed E-state index contributed by atoms with van der Waals surface area (Å²) < 4.78 is 0. The number of rotatable bonds is 5. The highest BCUT2D eigenvalue weighted by Gasteiger charge is 2.20. The molecule has 0 unspecified atom stereocenters. The van der Waals surface area contributed by atoms with Crippen molar-refractivity contribution in [3.63, 3.8) is 0 Å². The largest absolute Gasteiger partial charge is 0.353 e. The van der Waals surface area contributed by atoms with E-state index in [-0.39, 0.29) is 5.78 Å². The first kappa shape index (κ1) is 18.0. The van der Waals surface area contributed by atoms with Gasteiger partial charge in [0.25, 0.3) is 0 Å². The summed E-state index contributed by atoms with van der Waals surface area (Å²) in [7, 11) is 0. The lowest BCUT2D eigenvalue weighted by Crippen LogP contribution is -2.48. The number of Topliss-reactive ketones (excluding diaryl/α,β-unsaturated/α-hetero) is 1. The lowest BCUT2D eigenvalue weighted by molar-refractivity contribution is 0.0926. The Morgan fingerprint density at radius 1 is 1.08 bits per heavy atom. The van der Waals surface area contributed by atoms with Crippen LogP contribution in [0.5, 0.6) is 0 Å². The molecular formula is C20H23N5O. The van der Waals surface area contributed by atoms with Gasteiger partial charge in [0.05, 0.1) is 6.54 Å². The molecule has 134 valence electrons. The number of piperazine rings is 1. The summed E-state index contributed by atoms with van der Waals surface area (Å²) in [6.45, 7) is 7.92. The average Bonchev–Trinajstić information content (AvgIpc) is 2.68. The summed E-state index contributed by atoms with van der Waals surface area (Å²) >= 11 is 0. The predicted octanol–water partition coefficient (Wildman–Crippen LogP) is 2.48. The second-order valence-corrected chi connectivity index (χ2v) is 6.85. The van der Waals surface area contributed by atoms with Gasteiger partial charge in [-0.15, -0.1) is 10.2 Å². The molecule has 0 amide bonds. The number of nitriles is 1. The highest BCUT2D eigenvalue weighted by Crippen LogP contribution is 2.16. The molecule has 6 heteroatoms. The minimum atomic E-state index is 0.159. The summed E-state index contributed by atoms with van der Waals surface area (Å²) in [6.07, 6.45) is 0. The van der Waals surface area contributed by atoms with E-state index in [9.17, 15) is 4.79 Å². The van der Waals surface area contributed by atoms with Crippen LogP contribution in [0, 0.1) is 11.3 Å². The minimum absolute atomic E-state index is 0.159. The second kappa shape index (κ2) is 8.07. The molecule has 0 radical (unpaired) electrons. The fourth-order valence-corrected chi connectivity index (χ4v) is 3.04. The Kier molecular flexibility index (Phi) is 5.59. The fourth-order valence-electron chi connectivity index (χ4n) is 3.04. The molecule has 0 saturated carbocycles. The predicted molar refractivity (Wildman–Crippen MR) is 100 cm³/mol. The molecule has 0 aliphatic carbocycles. The van der Waals surface area contributed by atoms with E-state index >= 15 is 0 Å². The molecule has 1 aromatic heterocycles. The molecule has 26 heavy (non-hydrogen) atoms. The van der Waals surface area contributed by atoms with Gasteiger partial charge in [0, 0.05) is 31.7 Å². The molecule has 2 heterocycles. The first-order valence-corrected chi connectivity index (χ1v) is 8.91. The van der Waals surface area contributed by atoms with Crippen LogP contribution in [-0.4, -0.2) is 53.6 Å². The van der Waals surface area contributed by atoms with Gasteiger partial charge in [0.2, 0.25) is 0 Å². The van der Waals surface area contributed by atoms with Gasteiger partial charge in [0.1, 0.15) is 6.07 Å². The van der Waals surface area contributed by atoms with Crippen LogP contribution in [0.15, 0.2) is 36.4 Å². The molecule has 1 aromatic carbocycles. The van der Waals surface area contributed by atoms with E-state index in [1.807, 2.05) is 36.4 Å². The smallest absolute Gasteiger partial charge is 0.176 e. The molecule has 0 spiro atoms. The van der Waals surface area contributed by atoms with Crippen LogP contribution in [0.25, 0.3) is 0 Å². The van der Waals surface area contributed by atoms with Crippen molar-refractivity contribution in [3.8, 4) is 6.07 Å². The number of hydrogen-bond acceptors (Lipinski definition) is 6. The first-order chi connectivity index (χ1) is 12.6. The van der Waals surface area contributed by atoms with E-state index in [0.717, 1.165) is 37.6 Å². The lowest BCUT2D eigenvalue weighted by atomic mass is 10.0. The van der Waals surface area contributed by atoms with Gasteiger partial charge in [-0.2, -0.15) is 5.26 Å². The Bertz CT molecular complexity index is 784. The molecule has 0 N–H and O–H groups in total. The van der Waals surface area contributed by atoms with Crippen molar-refractivity contribution in [1.82, 2.24) is 15.1 Å². The number of hydrogen-bond donors (Lipinski definition) is 0. The molecule has 1 saturated heterocycles. The third-order valence-corrected chi connectivity index (χ3v) is 4.73. The fraction of sp³-hybridized carbons (Fsp3) is 0.400. The van der Waals surface area contributed by atoms with E-state index in [4.69, 9.17) is 5.26 Å². The third-order valence-electron chi connectivity index (χ3n) is 4.73. The van der Waals surface area contributed by atoms with E-state index in [0.29, 0.717) is 18.2 Å². The molecule has 1 aliphatic rings. The summed E-state index contributed by atoms with van der Waals surface area (Å²) in [5, 5.41) is 16.8. The van der Waals surface area contributed by atoms with E-state index < -0.39 is 0 Å². The monoisotopic (exact) mass is 349 g/mol. The molecule has 0 atom stereocenters. The van der Waals surface area contributed by atoms with Crippen LogP contribution >= 0.6 is 0 Å². The van der Waals surface area contributed by atoms with Crippen LogP contribution in [-0.2, 0) is 0 Å². The highest BCUT2D eigenvalue weighted by molar-refractivity contribution is 5.97. The van der Waals surface area contributed by atoms with Gasteiger partial charge >= 0.3 is 0 Å². The standard InChI is InChI=1S/C20H23N5O/c1-15(2)16-3-5-17(6-4-16)19(26)14-24-9-11-25(12-10-24)20-8-7-18(13-21)22-23-20/h3-8,15H,9-12,14H2,1-2H3. The van der Waals surface area contributed by atoms with E-state index in [2.05, 4.69) is 33.8 Å². The van der Waals surface area contributed by atoms with Gasteiger partial charge in [-0.3, -0.25) is 9.69 Å². The molecule has 0 bridgehead atoms. The van der Waals surface area contributed by atoms with Crippen molar-refractivity contribution < 1.29 is 4.79 Å². The summed E-state index contributed by atoms with van der Waals surface area (Å²) in [5.74, 6) is 1.41. The first-order valence-electron chi connectivity index (χ1n) is 8.91. The maximum atomic E-state index is 12.5. The normalized spacial score (nSPS) is 15.1. The van der Waals surface area contributed by atoms with Gasteiger partial charge in [-0.05, 0) is 23.6 Å². The Morgan fingerprint density at radius 3 is 2.31 bits per heavy atom. The van der Waals surface area contributed by atoms with Gasteiger partial charge in [-0.25, -0.2) is 0 Å². The second-order valence-electron chi connectivity index (χ2n) is 6.85. The molecule has 1 aliphatic heterocycles. The van der Waals surface area contributed by atoms with Crippen LogP contribution < -0.4 is 4.90 Å². The molecule has 3 rings (SSSR count). The number of nitrogens with zero attached hydrogens (tertiary/aromatic N) is 5. The van der Waals surface area contributed by atoms with Crippen LogP contribution in [0.4, 0.5) is 5.82 Å². The van der Waals surface area contributed by atoms with Crippen molar-refractivity contribution in [2.24, 2.45) is 0 Å². The third kappa shape index (κ3) is 4.24. The van der Waals surface area contributed by atoms with Crippen molar-refractivity contribution in [3.05, 3.63) is 53.2 Å². The van der Waals surface area contributed by atoms with Crippen LogP contribution in [0.2, 0.25) is 0 Å². The van der Waals surface area contributed by atoms with Crippen molar-refractivity contribution in [1.29, 1.82) is 5.26 Å². The molecule has 1 fully saturated rings. The van der Waals surface area contributed by atoms with E-state index in [1.165, 1.54) is 5.56 Å². The number of benzene rings is 1. The summed E-state index contributed by atoms with van der Waals surface area (Å²) in [5.41, 5.74) is 2.34. The topological polar surface area (TPSA) is 73.1 Å². The Labute approximate surface area is 154 Å². The van der Waals surface area contributed by atoms with Crippen molar-refractivity contribution >= 4 is 11.6 Å². The Morgan fingerprint density at radius 2 is 1.77 bits per heavy atom. The number of ketones is 1. The molecular weight excluding hydrogens is 326 g/mol. The van der Waals surface area contributed by atoms with Gasteiger partial charge in [-0.1, -0.05) is 38.1 Å². The molecule has 2 aromatic rings. The number of carbonyl (C=O) groups excluding carboxylic acids is 1. The van der Waals surface area contributed by atoms with Gasteiger partial charge < -0.3 is 4.90 Å². The Hall–Kier alpha value is -2.78. The minimum Gasteiger partial charge on any atom is -0.353 e. The van der Waals surface area contributed by atoms with Gasteiger partial charge in [0.15, 0.2) is 17.3 Å². The lowest BCUT2D eigenvalue weighted by Gasteiger charge is -2.34. The average molecular weight is 349 g/mol. The maximum Gasteiger partial charge on any atom is 0.176 e. The number of aromatic nitrogens is 2. The highest BCUT2D eigenvalue weighted by atomic mass is 16.1. The maximum absolute atomic E-state index is 12.5. The molecule has 6 nitrogen and oxygen atoms in total. The Balaban J connectivity index is 1.53. The summed E-state index contributed by atoms with van der Waals surface area (Å²) in [6, 6.07) is 13.4. The zero-order chi connectivity index (χ0) is 18.5. The zero-order valence-electron chi connectivity index (χ0n) is 15.2. The van der Waals surface area contributed by atoms with Crippen molar-refractivity contribution in [2.75, 3.05) is 37.6 Å². The van der Waals surface area contributed by atoms with Crippen LogP contribution in [0.1, 0.15) is 41.4 Å². The zero-order valence-corrected chi connectivity index (χ0v) is 15.2. The van der Waals surface area contributed by atoms with Crippen molar-refractivity contribution in [2.45, 2.75) is 19.8 Å². The summed E-state index contributed by atoms with van der Waals surface area (Å²) in [4.78, 5) is 16.8. The number of anilines is 1. The number of carbonyl (C=O) groups is 1. The SMILES string of the molecule is CC(C)c1ccc(C(=O)CN2CCN(c3ccc(C#N)nn3)CC2)cc1. The van der Waals surface area contributed by atoms with Crippen LogP contribution in [0.3, 0.4) is 0 Å². The van der Waals surface area contributed by atoms with E-state index in [1.54, 1.807) is 6.07 Å².